The van der Waals surface area contributed by atoms with Crippen molar-refractivity contribution in [1.82, 2.24) is 20.4 Å². The van der Waals surface area contributed by atoms with Crippen LogP contribution in [0.2, 0.25) is 0 Å². The summed E-state index contributed by atoms with van der Waals surface area (Å²) in [6.45, 7) is 2.89. The maximum Gasteiger partial charge on any atom is 0.251 e. The molecule has 0 aliphatic carbocycles. The number of H-pyrrole nitrogens is 1. The highest BCUT2D eigenvalue weighted by atomic mass is 16.2. The Hall–Kier alpha value is -3.41. The number of carbonyl (C=O) groups excluding carboxylic acids is 2. The van der Waals surface area contributed by atoms with Gasteiger partial charge in [0.25, 0.3) is 5.91 Å². The van der Waals surface area contributed by atoms with E-state index in [9.17, 15) is 9.59 Å². The number of rotatable bonds is 9. The molecule has 156 valence electrons. The summed E-state index contributed by atoms with van der Waals surface area (Å²) in [6, 6.07) is 19.5. The van der Waals surface area contributed by atoms with Crippen LogP contribution in [0, 0.1) is 6.92 Å². The molecule has 30 heavy (non-hydrogen) atoms. The van der Waals surface area contributed by atoms with Crippen LogP contribution in [0.15, 0.2) is 60.7 Å². The highest BCUT2D eigenvalue weighted by Gasteiger charge is 2.12. The number of aromatic amines is 1. The lowest BCUT2D eigenvalue weighted by Crippen LogP contribution is -2.33. The van der Waals surface area contributed by atoms with Crippen molar-refractivity contribution in [3.63, 3.8) is 0 Å². The Labute approximate surface area is 177 Å². The third kappa shape index (κ3) is 5.80. The van der Waals surface area contributed by atoms with Gasteiger partial charge in [0.2, 0.25) is 5.91 Å². The van der Waals surface area contributed by atoms with Crippen LogP contribution in [-0.4, -0.2) is 47.0 Å². The second kappa shape index (κ2) is 10.4. The van der Waals surface area contributed by atoms with Crippen molar-refractivity contribution in [2.75, 3.05) is 20.1 Å². The molecule has 1 aromatic heterocycles. The monoisotopic (exact) mass is 404 g/mol. The lowest BCUT2D eigenvalue weighted by molar-refractivity contribution is -0.129. The summed E-state index contributed by atoms with van der Waals surface area (Å²) in [7, 11) is 1.80. The number of hydrogen-bond acceptors (Lipinski definition) is 3. The number of nitrogens with zero attached hydrogens (tertiary/aromatic N) is 2. The SMILES string of the molecule is Cc1ccccc1C(=O)NCCC(=O)N(C)CCCc1cc(-c2ccccc2)n[nH]1. The first-order valence-electron chi connectivity index (χ1n) is 10.2. The Morgan fingerprint density at radius 2 is 1.80 bits per heavy atom. The molecular formula is C24H28N4O2. The third-order valence-electron chi connectivity index (χ3n) is 5.08. The minimum absolute atomic E-state index is 0.0228. The molecule has 0 aliphatic heterocycles. The molecule has 1 heterocycles. The normalized spacial score (nSPS) is 10.6. The van der Waals surface area contributed by atoms with E-state index < -0.39 is 0 Å². The van der Waals surface area contributed by atoms with E-state index in [1.807, 2.05) is 55.5 Å². The minimum atomic E-state index is -0.142. The van der Waals surface area contributed by atoms with Crippen LogP contribution < -0.4 is 5.32 Å². The molecule has 0 spiro atoms. The summed E-state index contributed by atoms with van der Waals surface area (Å²) in [5, 5.41) is 10.3. The van der Waals surface area contributed by atoms with Gasteiger partial charge in [-0.05, 0) is 37.5 Å². The largest absolute Gasteiger partial charge is 0.352 e. The van der Waals surface area contributed by atoms with Crippen LogP contribution in [0.5, 0.6) is 0 Å². The molecule has 6 heteroatoms. The van der Waals surface area contributed by atoms with Gasteiger partial charge in [0.15, 0.2) is 0 Å². The standard InChI is InChI=1S/C24H28N4O2/c1-18-9-6-7-13-21(18)24(30)25-15-14-23(29)28(2)16-8-12-20-17-22(27-26-20)19-10-4-3-5-11-19/h3-7,9-11,13,17H,8,12,14-16H2,1-2H3,(H,25,30)(H,26,27). The summed E-state index contributed by atoms with van der Waals surface area (Å²) in [5.74, 6) is -0.119. The molecule has 2 N–H and O–H groups in total. The van der Waals surface area contributed by atoms with Gasteiger partial charge in [-0.1, -0.05) is 48.5 Å². The maximum atomic E-state index is 12.3. The van der Waals surface area contributed by atoms with Crippen molar-refractivity contribution in [2.45, 2.75) is 26.2 Å². The van der Waals surface area contributed by atoms with Crippen molar-refractivity contribution in [3.05, 3.63) is 77.5 Å². The third-order valence-corrected chi connectivity index (χ3v) is 5.08. The van der Waals surface area contributed by atoms with Crippen molar-refractivity contribution in [1.29, 1.82) is 0 Å². The molecule has 0 atom stereocenters. The molecule has 6 nitrogen and oxygen atoms in total. The van der Waals surface area contributed by atoms with Gasteiger partial charge in [0, 0.05) is 43.4 Å². The van der Waals surface area contributed by atoms with E-state index in [1.54, 1.807) is 18.0 Å². The Morgan fingerprint density at radius 3 is 2.57 bits per heavy atom. The average molecular weight is 405 g/mol. The van der Waals surface area contributed by atoms with Gasteiger partial charge in [0.1, 0.15) is 0 Å². The second-order valence-corrected chi connectivity index (χ2v) is 7.38. The summed E-state index contributed by atoms with van der Waals surface area (Å²) in [5.41, 5.74) is 4.64. The fraction of sp³-hybridized carbons (Fsp3) is 0.292. The molecule has 0 saturated carbocycles. The van der Waals surface area contributed by atoms with Gasteiger partial charge in [-0.2, -0.15) is 5.10 Å². The number of hydrogen-bond donors (Lipinski definition) is 2. The lowest BCUT2D eigenvalue weighted by atomic mass is 10.1. The summed E-state index contributed by atoms with van der Waals surface area (Å²) < 4.78 is 0. The number of carbonyl (C=O) groups is 2. The predicted molar refractivity (Wildman–Crippen MR) is 118 cm³/mol. The van der Waals surface area contributed by atoms with Gasteiger partial charge in [-0.25, -0.2) is 0 Å². The van der Waals surface area contributed by atoms with Crippen LogP contribution in [0.25, 0.3) is 11.3 Å². The van der Waals surface area contributed by atoms with Gasteiger partial charge < -0.3 is 10.2 Å². The Morgan fingerprint density at radius 1 is 1.07 bits per heavy atom. The molecule has 3 rings (SSSR count). The number of aromatic nitrogens is 2. The Kier molecular flexibility index (Phi) is 7.38. The molecular weight excluding hydrogens is 376 g/mol. The van der Waals surface area contributed by atoms with Crippen LogP contribution in [0.1, 0.15) is 34.5 Å². The van der Waals surface area contributed by atoms with Gasteiger partial charge in [0.05, 0.1) is 5.69 Å². The fourth-order valence-corrected chi connectivity index (χ4v) is 3.27. The van der Waals surface area contributed by atoms with Crippen molar-refractivity contribution >= 4 is 11.8 Å². The molecule has 0 bridgehead atoms. The van der Waals surface area contributed by atoms with Crippen LogP contribution in [-0.2, 0) is 11.2 Å². The quantitative estimate of drug-likeness (QED) is 0.572. The number of nitrogens with one attached hydrogen (secondary N) is 2. The second-order valence-electron chi connectivity index (χ2n) is 7.38. The van der Waals surface area contributed by atoms with E-state index in [0.717, 1.165) is 35.4 Å². The zero-order valence-electron chi connectivity index (χ0n) is 17.5. The first kappa shape index (κ1) is 21.3. The molecule has 0 aliphatic rings. The summed E-state index contributed by atoms with van der Waals surface area (Å²) in [4.78, 5) is 26.2. The fourth-order valence-electron chi connectivity index (χ4n) is 3.27. The molecule has 0 fully saturated rings. The summed E-state index contributed by atoms with van der Waals surface area (Å²) in [6.07, 6.45) is 1.95. The number of aryl methyl sites for hydroxylation is 2. The van der Waals surface area contributed by atoms with Crippen LogP contribution >= 0.6 is 0 Å². The highest BCUT2D eigenvalue weighted by molar-refractivity contribution is 5.95. The Balaban J connectivity index is 1.37. The summed E-state index contributed by atoms with van der Waals surface area (Å²) >= 11 is 0. The van der Waals surface area contributed by atoms with Gasteiger partial charge in [-0.15, -0.1) is 0 Å². The zero-order valence-corrected chi connectivity index (χ0v) is 17.5. The number of benzene rings is 2. The van der Waals surface area contributed by atoms with E-state index in [-0.39, 0.29) is 18.2 Å². The molecule has 2 amide bonds. The molecule has 3 aromatic rings. The predicted octanol–water partition coefficient (Wildman–Crippen LogP) is 3.60. The average Bonchev–Trinajstić information content (AvgIpc) is 3.23. The topological polar surface area (TPSA) is 78.1 Å². The van der Waals surface area contributed by atoms with Gasteiger partial charge >= 0.3 is 0 Å². The van der Waals surface area contributed by atoms with Gasteiger partial charge in [-0.3, -0.25) is 14.7 Å². The Bertz CT molecular complexity index is 982. The van der Waals surface area contributed by atoms with E-state index in [1.165, 1.54) is 0 Å². The van der Waals surface area contributed by atoms with E-state index in [4.69, 9.17) is 0 Å². The van der Waals surface area contributed by atoms with Crippen molar-refractivity contribution in [2.24, 2.45) is 0 Å². The highest BCUT2D eigenvalue weighted by Crippen LogP contribution is 2.17. The molecule has 2 aromatic carbocycles. The molecule has 0 saturated heterocycles. The van der Waals surface area contributed by atoms with E-state index >= 15 is 0 Å². The van der Waals surface area contributed by atoms with Crippen LogP contribution in [0.3, 0.4) is 0 Å². The molecule has 0 radical (unpaired) electrons. The van der Waals surface area contributed by atoms with E-state index in [2.05, 4.69) is 21.6 Å². The maximum absolute atomic E-state index is 12.3. The first-order valence-corrected chi connectivity index (χ1v) is 10.2. The van der Waals surface area contributed by atoms with E-state index in [0.29, 0.717) is 18.7 Å². The lowest BCUT2D eigenvalue weighted by Gasteiger charge is -2.17. The first-order chi connectivity index (χ1) is 14.5. The zero-order chi connectivity index (χ0) is 21.3. The van der Waals surface area contributed by atoms with Crippen LogP contribution in [0.4, 0.5) is 0 Å². The van der Waals surface area contributed by atoms with Crippen molar-refractivity contribution < 1.29 is 9.59 Å². The smallest absolute Gasteiger partial charge is 0.251 e. The minimum Gasteiger partial charge on any atom is -0.352 e. The number of amides is 2. The molecule has 0 unspecified atom stereocenters. The van der Waals surface area contributed by atoms with Crippen molar-refractivity contribution in [3.8, 4) is 11.3 Å².